The number of aromatic nitrogens is 1. The van der Waals surface area contributed by atoms with E-state index in [1.807, 2.05) is 72.8 Å². The van der Waals surface area contributed by atoms with Gasteiger partial charge in [0.15, 0.2) is 5.76 Å². The van der Waals surface area contributed by atoms with Crippen LogP contribution in [0.2, 0.25) is 0 Å². The third-order valence-corrected chi connectivity index (χ3v) is 4.61. The smallest absolute Gasteiger partial charge is 0.256 e. The fraction of sp³-hybridized carbons (Fsp3) is 0.0833. The highest BCUT2D eigenvalue weighted by molar-refractivity contribution is 6.08. The molecule has 4 nitrogen and oxygen atoms in total. The summed E-state index contributed by atoms with van der Waals surface area (Å²) in [5, 5.41) is 3.02. The molecule has 0 aliphatic heterocycles. The van der Waals surface area contributed by atoms with Gasteiger partial charge in [0.1, 0.15) is 0 Å². The third-order valence-electron chi connectivity index (χ3n) is 4.61. The normalized spacial score (nSPS) is 10.6. The van der Waals surface area contributed by atoms with Gasteiger partial charge in [-0.25, -0.2) is 4.98 Å². The maximum atomic E-state index is 13.0. The number of para-hydroxylation sites is 1. The molecule has 4 heteroatoms. The summed E-state index contributed by atoms with van der Waals surface area (Å²) in [6, 6.07) is 24.9. The van der Waals surface area contributed by atoms with E-state index in [1.165, 1.54) is 0 Å². The molecule has 1 N–H and O–H groups in total. The Morgan fingerprint density at radius 2 is 1.64 bits per heavy atom. The quantitative estimate of drug-likeness (QED) is 0.483. The second kappa shape index (κ2) is 7.92. The number of rotatable bonds is 5. The Labute approximate surface area is 163 Å². The van der Waals surface area contributed by atoms with E-state index in [4.69, 9.17) is 4.42 Å². The molecule has 1 amide bonds. The summed E-state index contributed by atoms with van der Waals surface area (Å²) in [5.41, 5.74) is 4.05. The average Bonchev–Trinajstić information content (AvgIpc) is 3.25. The van der Waals surface area contributed by atoms with E-state index in [0.29, 0.717) is 22.8 Å². The number of nitrogens with one attached hydrogen (secondary N) is 1. The van der Waals surface area contributed by atoms with Crippen LogP contribution in [0.1, 0.15) is 22.8 Å². The Morgan fingerprint density at radius 1 is 0.929 bits per heavy atom. The molecule has 0 saturated heterocycles. The van der Waals surface area contributed by atoms with Crippen molar-refractivity contribution in [2.24, 2.45) is 0 Å². The predicted octanol–water partition coefficient (Wildman–Crippen LogP) is 5.82. The molecule has 0 radical (unpaired) electrons. The molecule has 0 aliphatic carbocycles. The number of amides is 1. The standard InChI is InChI=1S/C24H20N2O2/c1-2-17-10-6-9-15-21(17)26-23(27)19-13-7-8-14-20(19)24-25-16-22(28-24)18-11-4-3-5-12-18/h3-16H,2H2,1H3,(H,26,27). The van der Waals surface area contributed by atoms with Gasteiger partial charge in [-0.15, -0.1) is 0 Å². The van der Waals surface area contributed by atoms with Crippen molar-refractivity contribution in [3.63, 3.8) is 0 Å². The van der Waals surface area contributed by atoms with Crippen LogP contribution < -0.4 is 5.32 Å². The van der Waals surface area contributed by atoms with Crippen LogP contribution >= 0.6 is 0 Å². The zero-order valence-electron chi connectivity index (χ0n) is 15.6. The molecule has 1 heterocycles. The fourth-order valence-corrected chi connectivity index (χ4v) is 3.14. The summed E-state index contributed by atoms with van der Waals surface area (Å²) in [6.07, 6.45) is 2.53. The Kier molecular flexibility index (Phi) is 5.02. The van der Waals surface area contributed by atoms with Gasteiger partial charge in [-0.1, -0.05) is 67.6 Å². The molecule has 0 spiro atoms. The van der Waals surface area contributed by atoms with Gasteiger partial charge in [-0.05, 0) is 30.2 Å². The molecular formula is C24H20N2O2. The van der Waals surface area contributed by atoms with Gasteiger partial charge in [0.2, 0.25) is 5.89 Å². The van der Waals surface area contributed by atoms with Crippen LogP contribution in [0.4, 0.5) is 5.69 Å². The van der Waals surface area contributed by atoms with Crippen LogP contribution in [0.25, 0.3) is 22.8 Å². The molecule has 0 atom stereocenters. The molecular weight excluding hydrogens is 348 g/mol. The van der Waals surface area contributed by atoms with Gasteiger partial charge in [-0.2, -0.15) is 0 Å². The first-order chi connectivity index (χ1) is 13.8. The molecule has 0 fully saturated rings. The lowest BCUT2D eigenvalue weighted by atomic mass is 10.1. The van der Waals surface area contributed by atoms with E-state index in [1.54, 1.807) is 12.3 Å². The maximum Gasteiger partial charge on any atom is 0.256 e. The summed E-state index contributed by atoms with van der Waals surface area (Å²) in [6.45, 7) is 2.07. The third kappa shape index (κ3) is 3.58. The lowest BCUT2D eigenvalue weighted by molar-refractivity contribution is 0.102. The highest BCUT2D eigenvalue weighted by Gasteiger charge is 2.17. The lowest BCUT2D eigenvalue weighted by Gasteiger charge is -2.11. The van der Waals surface area contributed by atoms with Crippen molar-refractivity contribution < 1.29 is 9.21 Å². The van der Waals surface area contributed by atoms with Crippen molar-refractivity contribution in [1.29, 1.82) is 0 Å². The Hall–Kier alpha value is -3.66. The first-order valence-corrected chi connectivity index (χ1v) is 9.26. The number of oxazole rings is 1. The van der Waals surface area contributed by atoms with Crippen LogP contribution in [0.3, 0.4) is 0 Å². The second-order valence-electron chi connectivity index (χ2n) is 6.41. The largest absolute Gasteiger partial charge is 0.436 e. The maximum absolute atomic E-state index is 13.0. The number of nitrogens with zero attached hydrogens (tertiary/aromatic N) is 1. The monoisotopic (exact) mass is 368 g/mol. The van der Waals surface area contributed by atoms with Crippen molar-refractivity contribution >= 4 is 11.6 Å². The summed E-state index contributed by atoms with van der Waals surface area (Å²) in [7, 11) is 0. The van der Waals surface area contributed by atoms with E-state index in [-0.39, 0.29) is 5.91 Å². The molecule has 0 bridgehead atoms. The Morgan fingerprint density at radius 3 is 2.46 bits per heavy atom. The zero-order valence-corrected chi connectivity index (χ0v) is 15.6. The fourth-order valence-electron chi connectivity index (χ4n) is 3.14. The minimum Gasteiger partial charge on any atom is -0.436 e. The van der Waals surface area contributed by atoms with Crippen LogP contribution in [0.15, 0.2) is 89.5 Å². The molecule has 138 valence electrons. The van der Waals surface area contributed by atoms with Crippen molar-refractivity contribution in [2.45, 2.75) is 13.3 Å². The average molecular weight is 368 g/mol. The number of carbonyl (C=O) groups excluding carboxylic acids is 1. The molecule has 3 aromatic carbocycles. The Bertz CT molecular complexity index is 1100. The van der Waals surface area contributed by atoms with Gasteiger partial charge >= 0.3 is 0 Å². The van der Waals surface area contributed by atoms with E-state index in [0.717, 1.165) is 23.2 Å². The van der Waals surface area contributed by atoms with E-state index in [2.05, 4.69) is 17.2 Å². The van der Waals surface area contributed by atoms with Crippen molar-refractivity contribution in [3.8, 4) is 22.8 Å². The lowest BCUT2D eigenvalue weighted by Crippen LogP contribution is -2.14. The molecule has 0 unspecified atom stereocenters. The topological polar surface area (TPSA) is 55.1 Å². The highest BCUT2D eigenvalue weighted by Crippen LogP contribution is 2.29. The zero-order chi connectivity index (χ0) is 19.3. The van der Waals surface area contributed by atoms with Crippen molar-refractivity contribution in [3.05, 3.63) is 96.2 Å². The van der Waals surface area contributed by atoms with Crippen LogP contribution in [0, 0.1) is 0 Å². The van der Waals surface area contributed by atoms with Gasteiger partial charge in [0.05, 0.1) is 11.8 Å². The summed E-state index contributed by atoms with van der Waals surface area (Å²) < 4.78 is 5.95. The van der Waals surface area contributed by atoms with Gasteiger partial charge in [-0.3, -0.25) is 4.79 Å². The van der Waals surface area contributed by atoms with Crippen LogP contribution in [-0.2, 0) is 6.42 Å². The van der Waals surface area contributed by atoms with Gasteiger partial charge < -0.3 is 9.73 Å². The molecule has 4 aromatic rings. The minimum absolute atomic E-state index is 0.184. The summed E-state index contributed by atoms with van der Waals surface area (Å²) in [4.78, 5) is 17.4. The highest BCUT2D eigenvalue weighted by atomic mass is 16.4. The van der Waals surface area contributed by atoms with Gasteiger partial charge in [0.25, 0.3) is 5.91 Å². The molecule has 1 aromatic heterocycles. The Balaban J connectivity index is 1.66. The SMILES string of the molecule is CCc1ccccc1NC(=O)c1ccccc1-c1ncc(-c2ccccc2)o1. The van der Waals surface area contributed by atoms with Crippen molar-refractivity contribution in [2.75, 3.05) is 5.32 Å². The number of hydrogen-bond acceptors (Lipinski definition) is 3. The number of carbonyl (C=O) groups is 1. The second-order valence-corrected chi connectivity index (χ2v) is 6.41. The number of anilines is 1. The molecule has 0 saturated carbocycles. The molecule has 28 heavy (non-hydrogen) atoms. The predicted molar refractivity (Wildman–Crippen MR) is 111 cm³/mol. The minimum atomic E-state index is -0.184. The van der Waals surface area contributed by atoms with E-state index < -0.39 is 0 Å². The summed E-state index contributed by atoms with van der Waals surface area (Å²) in [5.74, 6) is 0.909. The molecule has 0 aliphatic rings. The van der Waals surface area contributed by atoms with Gasteiger partial charge in [0, 0.05) is 16.8 Å². The van der Waals surface area contributed by atoms with E-state index >= 15 is 0 Å². The van der Waals surface area contributed by atoms with Crippen LogP contribution in [0.5, 0.6) is 0 Å². The van der Waals surface area contributed by atoms with Crippen molar-refractivity contribution in [1.82, 2.24) is 4.98 Å². The first-order valence-electron chi connectivity index (χ1n) is 9.26. The molecule has 4 rings (SSSR count). The number of aryl methyl sites for hydroxylation is 1. The summed E-state index contributed by atoms with van der Waals surface area (Å²) >= 11 is 0. The number of benzene rings is 3. The van der Waals surface area contributed by atoms with Crippen LogP contribution in [-0.4, -0.2) is 10.9 Å². The first kappa shape index (κ1) is 17.7. The number of hydrogen-bond donors (Lipinski definition) is 1. The van der Waals surface area contributed by atoms with E-state index in [9.17, 15) is 4.79 Å².